The second kappa shape index (κ2) is 9.65. The summed E-state index contributed by atoms with van der Waals surface area (Å²) in [6.45, 7) is 2.89. The largest absolute Gasteiger partial charge is 0.465 e. The molecule has 0 N–H and O–H groups in total. The Morgan fingerprint density at radius 1 is 1.19 bits per heavy atom. The molecule has 1 aromatic carbocycles. The highest BCUT2D eigenvalue weighted by Gasteiger charge is 2.37. The van der Waals surface area contributed by atoms with Crippen LogP contribution in [0.15, 0.2) is 47.7 Å². The summed E-state index contributed by atoms with van der Waals surface area (Å²) in [6, 6.07) is 9.44. The van der Waals surface area contributed by atoms with Crippen LogP contribution < -0.4 is 0 Å². The number of ether oxygens (including phenoxy) is 1. The van der Waals surface area contributed by atoms with Crippen LogP contribution in [0.1, 0.15) is 49.9 Å². The summed E-state index contributed by atoms with van der Waals surface area (Å²) in [5.74, 6) is -0.741. The number of amides is 1. The van der Waals surface area contributed by atoms with E-state index in [1.165, 1.54) is 17.1 Å². The van der Waals surface area contributed by atoms with Crippen molar-refractivity contribution in [2.75, 3.05) is 19.7 Å². The summed E-state index contributed by atoms with van der Waals surface area (Å²) in [7, 11) is 1.94. The number of carbonyl (C=O) groups excluding carboxylic acids is 2. The molecule has 0 radical (unpaired) electrons. The van der Waals surface area contributed by atoms with Crippen LogP contribution in [0.2, 0.25) is 0 Å². The first-order chi connectivity index (χ1) is 15.5. The average molecular weight is 441 g/mol. The average Bonchev–Trinajstić information content (AvgIpc) is 3.41. The maximum absolute atomic E-state index is 13.4. The number of hydrogen-bond donors (Lipinski definition) is 0. The highest BCUT2D eigenvalue weighted by atomic mass is 19.1. The van der Waals surface area contributed by atoms with Crippen LogP contribution in [0.4, 0.5) is 4.39 Å². The fraction of sp³-hybridized carbons (Fsp3) is 0.458. The van der Waals surface area contributed by atoms with E-state index in [1.807, 2.05) is 34.8 Å². The maximum Gasteiger partial charge on any atom is 0.323 e. The zero-order valence-corrected chi connectivity index (χ0v) is 18.5. The minimum Gasteiger partial charge on any atom is -0.465 e. The first-order valence-electron chi connectivity index (χ1n) is 11.1. The van der Waals surface area contributed by atoms with Crippen LogP contribution in [0.5, 0.6) is 0 Å². The number of carbonyl (C=O) groups is 2. The first kappa shape index (κ1) is 22.2. The molecule has 3 heterocycles. The summed E-state index contributed by atoms with van der Waals surface area (Å²) in [5.41, 5.74) is 2.51. The molecule has 0 unspecified atom stereocenters. The van der Waals surface area contributed by atoms with Gasteiger partial charge in [0.25, 0.3) is 5.91 Å². The molecule has 1 amide bonds. The van der Waals surface area contributed by atoms with Gasteiger partial charge >= 0.3 is 5.97 Å². The molecule has 0 aliphatic carbocycles. The molecule has 170 valence electrons. The third-order valence-electron chi connectivity index (χ3n) is 6.18. The second-order valence-corrected chi connectivity index (χ2v) is 8.29. The quantitative estimate of drug-likeness (QED) is 0.647. The molecule has 1 saturated heterocycles. The van der Waals surface area contributed by atoms with Gasteiger partial charge in [-0.25, -0.2) is 9.40 Å². The number of benzene rings is 1. The first-order valence-corrected chi connectivity index (χ1v) is 11.1. The third-order valence-corrected chi connectivity index (χ3v) is 6.18. The van der Waals surface area contributed by atoms with Crippen molar-refractivity contribution in [3.63, 3.8) is 0 Å². The van der Waals surface area contributed by atoms with Crippen LogP contribution in [-0.2, 0) is 21.4 Å². The van der Waals surface area contributed by atoms with Gasteiger partial charge in [0.2, 0.25) is 0 Å². The van der Waals surface area contributed by atoms with E-state index in [0.717, 1.165) is 29.8 Å². The predicted molar refractivity (Wildman–Crippen MR) is 118 cm³/mol. The Labute approximate surface area is 187 Å². The van der Waals surface area contributed by atoms with Crippen molar-refractivity contribution in [1.82, 2.24) is 14.5 Å². The van der Waals surface area contributed by atoms with Gasteiger partial charge in [-0.2, -0.15) is 5.10 Å². The molecule has 4 rings (SSSR count). The summed E-state index contributed by atoms with van der Waals surface area (Å²) in [5, 5.41) is 6.19. The number of esters is 1. The lowest BCUT2D eigenvalue weighted by molar-refractivity contribution is -0.152. The highest BCUT2D eigenvalue weighted by Crippen LogP contribution is 2.33. The second-order valence-electron chi connectivity index (χ2n) is 8.29. The molecule has 8 heteroatoms. The highest BCUT2D eigenvalue weighted by molar-refractivity contribution is 6.03. The molecule has 2 aliphatic heterocycles. The Morgan fingerprint density at radius 3 is 2.66 bits per heavy atom. The summed E-state index contributed by atoms with van der Waals surface area (Å²) >= 11 is 0. The van der Waals surface area contributed by atoms with Gasteiger partial charge in [-0.3, -0.25) is 14.5 Å². The zero-order valence-electron chi connectivity index (χ0n) is 18.5. The molecule has 1 aromatic heterocycles. The normalized spacial score (nSPS) is 21.5. The topological polar surface area (TPSA) is 67.1 Å². The minimum atomic E-state index is -0.399. The Balaban J connectivity index is 1.58. The summed E-state index contributed by atoms with van der Waals surface area (Å²) < 4.78 is 20.6. The van der Waals surface area contributed by atoms with Crippen molar-refractivity contribution in [2.24, 2.45) is 12.1 Å². The van der Waals surface area contributed by atoms with E-state index in [9.17, 15) is 14.0 Å². The minimum absolute atomic E-state index is 0.102. The smallest absolute Gasteiger partial charge is 0.323 e. The molecule has 7 nitrogen and oxygen atoms in total. The maximum atomic E-state index is 13.4. The van der Waals surface area contributed by atoms with Crippen molar-refractivity contribution in [2.45, 2.75) is 44.7 Å². The number of piperidine rings is 1. The SMILES string of the molecule is CCOC(=O)[C@H]1CCCCN1CC(=O)N1N=C(c2ccc(F)cc2)C[C@@H]1c1cccn1C. The molecule has 32 heavy (non-hydrogen) atoms. The standard InChI is InChI=1S/C24H29FN4O3/c1-3-32-24(31)21-7-4-5-14-28(21)16-23(30)29-22(20-8-6-13-27(20)2)15-19(26-29)17-9-11-18(25)12-10-17/h6,8-13,21-22H,3-5,7,14-16H2,1-2H3/t21-,22-/m1/s1. The molecule has 2 aliphatic rings. The lowest BCUT2D eigenvalue weighted by Crippen LogP contribution is -2.49. The number of aromatic nitrogens is 1. The number of rotatable bonds is 6. The van der Waals surface area contributed by atoms with Crippen LogP contribution in [0.25, 0.3) is 0 Å². The lowest BCUT2D eigenvalue weighted by atomic mass is 10.0. The van der Waals surface area contributed by atoms with Crippen LogP contribution >= 0.6 is 0 Å². The van der Waals surface area contributed by atoms with Gasteiger partial charge in [0.1, 0.15) is 17.9 Å². The van der Waals surface area contributed by atoms with E-state index in [1.54, 1.807) is 19.1 Å². The van der Waals surface area contributed by atoms with Crippen molar-refractivity contribution >= 4 is 17.6 Å². The lowest BCUT2D eigenvalue weighted by Gasteiger charge is -2.34. The fourth-order valence-electron chi connectivity index (χ4n) is 4.54. The molecule has 2 atom stereocenters. The molecule has 2 aromatic rings. The van der Waals surface area contributed by atoms with Gasteiger partial charge in [0, 0.05) is 25.4 Å². The van der Waals surface area contributed by atoms with Crippen molar-refractivity contribution in [3.8, 4) is 0 Å². The number of hydrogen-bond acceptors (Lipinski definition) is 5. The molecule has 0 saturated carbocycles. The van der Waals surface area contributed by atoms with Crippen LogP contribution in [0.3, 0.4) is 0 Å². The van der Waals surface area contributed by atoms with Gasteiger partial charge in [0.05, 0.1) is 18.9 Å². The number of nitrogens with zero attached hydrogens (tertiary/aromatic N) is 4. The van der Waals surface area contributed by atoms with E-state index in [2.05, 4.69) is 5.10 Å². The zero-order chi connectivity index (χ0) is 22.7. The number of aryl methyl sites for hydroxylation is 1. The van der Waals surface area contributed by atoms with Gasteiger partial charge in [-0.15, -0.1) is 0 Å². The Kier molecular flexibility index (Phi) is 6.69. The Hall–Kier alpha value is -3.00. The van der Waals surface area contributed by atoms with Gasteiger partial charge < -0.3 is 9.30 Å². The molecule has 1 fully saturated rings. The molecule has 0 spiro atoms. The van der Waals surface area contributed by atoms with Crippen molar-refractivity contribution in [1.29, 1.82) is 0 Å². The van der Waals surface area contributed by atoms with Crippen LogP contribution in [-0.4, -0.2) is 57.8 Å². The predicted octanol–water partition coefficient (Wildman–Crippen LogP) is 3.26. The van der Waals surface area contributed by atoms with Gasteiger partial charge in [0.15, 0.2) is 0 Å². The van der Waals surface area contributed by atoms with Crippen LogP contribution in [0, 0.1) is 5.82 Å². The third kappa shape index (κ3) is 4.60. The Bertz CT molecular complexity index is 1000. The van der Waals surface area contributed by atoms with E-state index in [4.69, 9.17) is 4.74 Å². The molecule has 0 bridgehead atoms. The van der Waals surface area contributed by atoms with Gasteiger partial charge in [-0.05, 0) is 56.1 Å². The van der Waals surface area contributed by atoms with Crippen molar-refractivity contribution in [3.05, 3.63) is 59.7 Å². The molecular weight excluding hydrogens is 411 g/mol. The number of likely N-dealkylation sites (tertiary alicyclic amines) is 1. The van der Waals surface area contributed by atoms with E-state index in [0.29, 0.717) is 26.0 Å². The number of hydrazone groups is 1. The Morgan fingerprint density at radius 2 is 1.97 bits per heavy atom. The van der Waals surface area contributed by atoms with E-state index in [-0.39, 0.29) is 30.3 Å². The summed E-state index contributed by atoms with van der Waals surface area (Å²) in [6.07, 6.45) is 5.05. The van der Waals surface area contributed by atoms with Gasteiger partial charge in [-0.1, -0.05) is 18.6 Å². The van der Waals surface area contributed by atoms with E-state index < -0.39 is 6.04 Å². The summed E-state index contributed by atoms with van der Waals surface area (Å²) in [4.78, 5) is 27.8. The van der Waals surface area contributed by atoms with Crippen molar-refractivity contribution < 1.29 is 18.7 Å². The fourth-order valence-corrected chi connectivity index (χ4v) is 4.54. The molecular formula is C24H29FN4O3. The van der Waals surface area contributed by atoms with E-state index >= 15 is 0 Å². The monoisotopic (exact) mass is 440 g/mol. The number of halogens is 1.